The van der Waals surface area contributed by atoms with Crippen molar-refractivity contribution in [2.24, 2.45) is 0 Å². The Morgan fingerprint density at radius 1 is 1.03 bits per heavy atom. The molecule has 1 aliphatic rings. The van der Waals surface area contributed by atoms with Crippen LogP contribution in [0.5, 0.6) is 5.75 Å². The second kappa shape index (κ2) is 10.7. The average molecular weight is 494 g/mol. The Morgan fingerprint density at radius 2 is 1.71 bits per heavy atom. The first-order chi connectivity index (χ1) is 16.5. The number of carbonyl (C=O) groups excluding carboxylic acids is 2. The third-order valence-corrected chi connectivity index (χ3v) is 6.31. The number of benzene rings is 3. The van der Waals surface area contributed by atoms with Crippen LogP contribution >= 0.6 is 23.8 Å². The van der Waals surface area contributed by atoms with Gasteiger partial charge in [0, 0.05) is 17.3 Å². The summed E-state index contributed by atoms with van der Waals surface area (Å²) in [6.45, 7) is 0.496. The van der Waals surface area contributed by atoms with Crippen molar-refractivity contribution in [1.82, 2.24) is 4.90 Å². The molecule has 3 aromatic rings. The van der Waals surface area contributed by atoms with Crippen LogP contribution in [0, 0.1) is 0 Å². The number of rotatable bonds is 8. The summed E-state index contributed by atoms with van der Waals surface area (Å²) in [6.07, 6.45) is 0.638. The van der Waals surface area contributed by atoms with Gasteiger partial charge in [0.2, 0.25) is 5.91 Å². The van der Waals surface area contributed by atoms with Gasteiger partial charge in [-0.2, -0.15) is 0 Å². The number of anilines is 2. The second-order valence-electron chi connectivity index (χ2n) is 7.86. The predicted octanol–water partition coefficient (Wildman–Crippen LogP) is 4.92. The van der Waals surface area contributed by atoms with Gasteiger partial charge in [0.25, 0.3) is 5.91 Å². The van der Waals surface area contributed by atoms with E-state index in [2.05, 4.69) is 5.32 Å². The molecule has 0 spiro atoms. The largest absolute Gasteiger partial charge is 0.497 e. The lowest BCUT2D eigenvalue weighted by Crippen LogP contribution is -2.39. The third kappa shape index (κ3) is 5.38. The molecule has 174 valence electrons. The first-order valence-electron chi connectivity index (χ1n) is 10.8. The van der Waals surface area contributed by atoms with Crippen molar-refractivity contribution in [3.63, 3.8) is 0 Å². The van der Waals surface area contributed by atoms with Gasteiger partial charge in [-0.05, 0) is 72.7 Å². The lowest BCUT2D eigenvalue weighted by atomic mass is 10.1. The topological polar surface area (TPSA) is 61.9 Å². The van der Waals surface area contributed by atoms with Gasteiger partial charge < -0.3 is 15.0 Å². The number of carbonyl (C=O) groups is 2. The monoisotopic (exact) mass is 493 g/mol. The lowest BCUT2D eigenvalue weighted by Gasteiger charge is -2.24. The van der Waals surface area contributed by atoms with Crippen LogP contribution in [0.4, 0.5) is 11.4 Å². The minimum Gasteiger partial charge on any atom is -0.497 e. The van der Waals surface area contributed by atoms with Crippen LogP contribution in [0.2, 0.25) is 5.02 Å². The van der Waals surface area contributed by atoms with Gasteiger partial charge in [-0.3, -0.25) is 14.5 Å². The normalized spacial score (nSPS) is 15.5. The summed E-state index contributed by atoms with van der Waals surface area (Å²) in [6, 6.07) is 23.2. The van der Waals surface area contributed by atoms with E-state index in [1.165, 1.54) is 4.90 Å². The number of hydrogen-bond acceptors (Lipinski definition) is 4. The molecule has 3 aromatic carbocycles. The minimum atomic E-state index is -0.696. The van der Waals surface area contributed by atoms with Crippen molar-refractivity contribution in [3.8, 4) is 5.75 Å². The number of methoxy groups -OCH3 is 1. The molecule has 1 fully saturated rings. The molecule has 8 heteroatoms. The molecule has 1 aliphatic heterocycles. The Hall–Kier alpha value is -3.42. The Balaban J connectivity index is 1.52. The molecule has 6 nitrogen and oxygen atoms in total. The fraction of sp³-hybridized carbons (Fsp3) is 0.192. The molecule has 2 amide bonds. The molecule has 1 heterocycles. The quantitative estimate of drug-likeness (QED) is 0.451. The number of nitrogens with zero attached hydrogens (tertiary/aromatic N) is 2. The third-order valence-electron chi connectivity index (χ3n) is 5.64. The van der Waals surface area contributed by atoms with Gasteiger partial charge in [0.1, 0.15) is 11.8 Å². The molecule has 1 atom stereocenters. The summed E-state index contributed by atoms with van der Waals surface area (Å²) in [7, 11) is 1.58. The van der Waals surface area contributed by atoms with Crippen molar-refractivity contribution in [1.29, 1.82) is 0 Å². The van der Waals surface area contributed by atoms with Gasteiger partial charge in [0.15, 0.2) is 5.11 Å². The molecule has 1 N–H and O–H groups in total. The lowest BCUT2D eigenvalue weighted by molar-refractivity contribution is -0.124. The number of halogens is 1. The van der Waals surface area contributed by atoms with Crippen LogP contribution in [0.15, 0.2) is 78.9 Å². The highest BCUT2D eigenvalue weighted by Crippen LogP contribution is 2.28. The zero-order valence-electron chi connectivity index (χ0n) is 18.6. The van der Waals surface area contributed by atoms with Gasteiger partial charge >= 0.3 is 0 Å². The van der Waals surface area contributed by atoms with E-state index in [0.717, 1.165) is 5.56 Å². The first-order valence-corrected chi connectivity index (χ1v) is 11.6. The fourth-order valence-corrected chi connectivity index (χ4v) is 4.40. The summed E-state index contributed by atoms with van der Waals surface area (Å²) in [5.41, 5.74) is 2.39. The van der Waals surface area contributed by atoms with Crippen LogP contribution in [-0.4, -0.2) is 41.5 Å². The number of hydrogen-bond donors (Lipinski definition) is 1. The summed E-state index contributed by atoms with van der Waals surface area (Å²) < 4.78 is 5.15. The number of ether oxygens (including phenoxy) is 1. The van der Waals surface area contributed by atoms with Gasteiger partial charge in [-0.25, -0.2) is 0 Å². The van der Waals surface area contributed by atoms with Crippen LogP contribution in [0.1, 0.15) is 12.0 Å². The van der Waals surface area contributed by atoms with Gasteiger partial charge in [0.05, 0.1) is 19.2 Å². The van der Waals surface area contributed by atoms with E-state index in [4.69, 9.17) is 28.6 Å². The van der Waals surface area contributed by atoms with Crippen LogP contribution in [-0.2, 0) is 16.0 Å². The molecule has 0 unspecified atom stereocenters. The predicted molar refractivity (Wildman–Crippen MR) is 138 cm³/mol. The SMILES string of the molecule is COc1ccc(NC(=O)C[C@H]2C(=O)N(c3ccccc3)C(=S)N2CCc2ccc(Cl)cc2)cc1. The molecular weight excluding hydrogens is 470 g/mol. The number of thiocarbonyl (C=S) groups is 1. The van der Waals surface area contributed by atoms with E-state index in [9.17, 15) is 9.59 Å². The fourth-order valence-electron chi connectivity index (χ4n) is 3.86. The first kappa shape index (κ1) is 23.7. The van der Waals surface area contributed by atoms with Crippen molar-refractivity contribution in [2.45, 2.75) is 18.9 Å². The average Bonchev–Trinajstić information content (AvgIpc) is 3.08. The highest BCUT2D eigenvalue weighted by molar-refractivity contribution is 7.80. The van der Waals surface area contributed by atoms with Crippen LogP contribution in [0.3, 0.4) is 0 Å². The summed E-state index contributed by atoms with van der Waals surface area (Å²) >= 11 is 11.7. The molecule has 0 aromatic heterocycles. The molecule has 1 saturated heterocycles. The molecule has 0 bridgehead atoms. The van der Waals surface area contributed by atoms with Crippen molar-refractivity contribution >= 4 is 52.1 Å². The number of nitrogens with one attached hydrogen (secondary N) is 1. The van der Waals surface area contributed by atoms with Crippen LogP contribution < -0.4 is 15.0 Å². The Morgan fingerprint density at radius 3 is 2.35 bits per heavy atom. The summed E-state index contributed by atoms with van der Waals surface area (Å²) in [5, 5.41) is 3.92. The molecule has 0 saturated carbocycles. The van der Waals surface area contributed by atoms with Crippen molar-refractivity contribution in [2.75, 3.05) is 23.9 Å². The smallest absolute Gasteiger partial charge is 0.256 e. The number of para-hydroxylation sites is 1. The minimum absolute atomic E-state index is 0.0189. The summed E-state index contributed by atoms with van der Waals surface area (Å²) in [4.78, 5) is 29.7. The zero-order valence-corrected chi connectivity index (χ0v) is 20.2. The van der Waals surface area contributed by atoms with E-state index >= 15 is 0 Å². The maximum Gasteiger partial charge on any atom is 0.256 e. The standard InChI is InChI=1S/C26H24ClN3O3S/c1-33-22-13-11-20(12-14-22)28-24(31)17-23-25(32)30(21-5-3-2-4-6-21)26(34)29(23)16-15-18-7-9-19(27)10-8-18/h2-14,23H,15-17H2,1H3,(H,28,31)/t23-/m0/s1. The number of amides is 2. The summed E-state index contributed by atoms with van der Waals surface area (Å²) in [5.74, 6) is 0.219. The van der Waals surface area contributed by atoms with Crippen molar-refractivity contribution in [3.05, 3.63) is 89.4 Å². The molecule has 34 heavy (non-hydrogen) atoms. The van der Waals surface area contributed by atoms with Crippen molar-refractivity contribution < 1.29 is 14.3 Å². The van der Waals surface area contributed by atoms with E-state index in [0.29, 0.717) is 40.2 Å². The maximum atomic E-state index is 13.4. The van der Waals surface area contributed by atoms with E-state index in [-0.39, 0.29) is 18.2 Å². The Labute approximate surface area is 209 Å². The second-order valence-corrected chi connectivity index (χ2v) is 8.66. The molecule has 4 rings (SSSR count). The molecular formula is C26H24ClN3O3S. The highest BCUT2D eigenvalue weighted by atomic mass is 35.5. The maximum absolute atomic E-state index is 13.4. The zero-order chi connectivity index (χ0) is 24.1. The van der Waals surface area contributed by atoms with E-state index in [1.807, 2.05) is 59.5 Å². The molecule has 0 aliphatic carbocycles. The van der Waals surface area contributed by atoms with E-state index < -0.39 is 6.04 Å². The molecule has 0 radical (unpaired) electrons. The van der Waals surface area contributed by atoms with Gasteiger partial charge in [-0.15, -0.1) is 0 Å². The Bertz CT molecular complexity index is 1170. The van der Waals surface area contributed by atoms with E-state index in [1.54, 1.807) is 31.4 Å². The van der Waals surface area contributed by atoms with Crippen LogP contribution in [0.25, 0.3) is 0 Å². The Kier molecular flexibility index (Phi) is 7.45. The van der Waals surface area contributed by atoms with Gasteiger partial charge in [-0.1, -0.05) is 41.9 Å². The highest BCUT2D eigenvalue weighted by Gasteiger charge is 2.43.